The Hall–Kier alpha value is -2.21. The average molecular weight is 343 g/mol. The third-order valence-corrected chi connectivity index (χ3v) is 5.46. The number of likely N-dealkylation sites (tertiary alicyclic amines) is 1. The van der Waals surface area contributed by atoms with Gasteiger partial charge in [-0.05, 0) is 31.2 Å². The van der Waals surface area contributed by atoms with Crippen LogP contribution >= 0.6 is 11.3 Å². The summed E-state index contributed by atoms with van der Waals surface area (Å²) in [7, 11) is 0. The van der Waals surface area contributed by atoms with E-state index in [4.69, 9.17) is 5.73 Å². The number of nitrogens with zero attached hydrogens (tertiary/aromatic N) is 2. The van der Waals surface area contributed by atoms with E-state index in [0.29, 0.717) is 11.3 Å². The molecule has 1 fully saturated rings. The highest BCUT2D eigenvalue weighted by molar-refractivity contribution is 7.13. The van der Waals surface area contributed by atoms with Crippen molar-refractivity contribution >= 4 is 23.2 Å². The molecule has 3 rings (SSSR count). The number of piperidine rings is 1. The van der Waals surface area contributed by atoms with Gasteiger partial charge in [-0.1, -0.05) is 30.3 Å². The summed E-state index contributed by atoms with van der Waals surface area (Å²) in [6, 6.07) is 10.0. The fraction of sp³-hybridized carbons (Fsp3) is 0.389. The van der Waals surface area contributed by atoms with Gasteiger partial charge >= 0.3 is 0 Å². The molecule has 1 atom stereocenters. The fourth-order valence-corrected chi connectivity index (χ4v) is 4.00. The predicted molar refractivity (Wildman–Crippen MR) is 93.7 cm³/mol. The number of aromatic nitrogens is 1. The van der Waals surface area contributed by atoms with Crippen LogP contribution < -0.4 is 5.73 Å². The van der Waals surface area contributed by atoms with Gasteiger partial charge in [-0.2, -0.15) is 0 Å². The number of thiazole rings is 1. The molecule has 24 heavy (non-hydrogen) atoms. The van der Waals surface area contributed by atoms with Gasteiger partial charge in [-0.3, -0.25) is 9.59 Å². The number of carbonyl (C=O) groups is 2. The molecule has 1 aromatic heterocycles. The Morgan fingerprint density at radius 3 is 2.75 bits per heavy atom. The van der Waals surface area contributed by atoms with Crippen molar-refractivity contribution in [2.45, 2.75) is 38.1 Å². The van der Waals surface area contributed by atoms with Crippen molar-refractivity contribution in [3.8, 4) is 0 Å². The first-order valence-corrected chi connectivity index (χ1v) is 9.05. The number of amides is 2. The smallest absolute Gasteiger partial charge is 0.260 e. The van der Waals surface area contributed by atoms with E-state index in [0.717, 1.165) is 37.2 Å². The first kappa shape index (κ1) is 16.6. The molecule has 2 heterocycles. The second-order valence-electron chi connectivity index (χ2n) is 6.01. The molecule has 0 spiro atoms. The van der Waals surface area contributed by atoms with E-state index in [2.05, 4.69) is 4.98 Å². The van der Waals surface area contributed by atoms with Gasteiger partial charge in [0.25, 0.3) is 5.91 Å². The van der Waals surface area contributed by atoms with Gasteiger partial charge < -0.3 is 10.6 Å². The van der Waals surface area contributed by atoms with Crippen LogP contribution in [0.4, 0.5) is 0 Å². The highest BCUT2D eigenvalue weighted by Crippen LogP contribution is 2.33. The molecular weight excluding hydrogens is 322 g/mol. The summed E-state index contributed by atoms with van der Waals surface area (Å²) in [5, 5.41) is 0.816. The molecule has 1 unspecified atom stereocenters. The summed E-state index contributed by atoms with van der Waals surface area (Å²) in [4.78, 5) is 30.7. The van der Waals surface area contributed by atoms with Gasteiger partial charge in [0.1, 0.15) is 9.88 Å². The van der Waals surface area contributed by atoms with Crippen molar-refractivity contribution < 1.29 is 9.59 Å². The predicted octanol–water partition coefficient (Wildman–Crippen LogP) is 2.93. The second kappa shape index (κ2) is 7.57. The summed E-state index contributed by atoms with van der Waals surface area (Å²) in [5.74, 6) is -0.309. The van der Waals surface area contributed by atoms with E-state index in [9.17, 15) is 9.59 Å². The van der Waals surface area contributed by atoms with Gasteiger partial charge in [0, 0.05) is 13.0 Å². The molecule has 2 amide bonds. The highest BCUT2D eigenvalue weighted by Gasteiger charge is 2.30. The van der Waals surface area contributed by atoms with Crippen LogP contribution in [0.15, 0.2) is 36.5 Å². The Balaban J connectivity index is 1.69. The van der Waals surface area contributed by atoms with Crippen LogP contribution in [0.25, 0.3) is 0 Å². The molecule has 2 N–H and O–H groups in total. The quantitative estimate of drug-likeness (QED) is 0.907. The number of hydrogen-bond donors (Lipinski definition) is 1. The van der Waals surface area contributed by atoms with E-state index in [1.54, 1.807) is 0 Å². The molecule has 1 aliphatic rings. The van der Waals surface area contributed by atoms with Crippen LogP contribution in [-0.2, 0) is 11.2 Å². The molecule has 126 valence electrons. The minimum Gasteiger partial charge on any atom is -0.365 e. The van der Waals surface area contributed by atoms with Crippen molar-refractivity contribution in [2.24, 2.45) is 5.73 Å². The summed E-state index contributed by atoms with van der Waals surface area (Å²) in [6.07, 6.45) is 5.73. The van der Waals surface area contributed by atoms with Crippen molar-refractivity contribution in [2.75, 3.05) is 6.54 Å². The minimum atomic E-state index is -0.462. The zero-order valence-corrected chi connectivity index (χ0v) is 14.3. The lowest BCUT2D eigenvalue weighted by atomic mass is 10.0. The van der Waals surface area contributed by atoms with Crippen LogP contribution in [-0.4, -0.2) is 28.2 Å². The lowest BCUT2D eigenvalue weighted by Gasteiger charge is -2.34. The number of hydrogen-bond acceptors (Lipinski definition) is 4. The SMILES string of the molecule is NC(=O)c1cnc(C2CCCCN2C(=O)CCc2ccccc2)s1. The van der Waals surface area contributed by atoms with Gasteiger partial charge in [0.15, 0.2) is 0 Å². The summed E-state index contributed by atoms with van der Waals surface area (Å²) in [5.41, 5.74) is 6.49. The summed E-state index contributed by atoms with van der Waals surface area (Å²) in [6.45, 7) is 0.754. The summed E-state index contributed by atoms with van der Waals surface area (Å²) < 4.78 is 0. The van der Waals surface area contributed by atoms with Gasteiger partial charge in [0.05, 0.1) is 12.2 Å². The average Bonchev–Trinajstić information content (AvgIpc) is 3.11. The fourth-order valence-electron chi connectivity index (χ4n) is 3.08. The van der Waals surface area contributed by atoms with Crippen molar-refractivity contribution in [1.82, 2.24) is 9.88 Å². The van der Waals surface area contributed by atoms with Gasteiger partial charge in [0.2, 0.25) is 5.91 Å². The largest absolute Gasteiger partial charge is 0.365 e. The maximum absolute atomic E-state index is 12.7. The van der Waals surface area contributed by atoms with Crippen LogP contribution in [0.5, 0.6) is 0 Å². The lowest BCUT2D eigenvalue weighted by Crippen LogP contribution is -2.38. The molecule has 1 aliphatic heterocycles. The minimum absolute atomic E-state index is 0.0277. The summed E-state index contributed by atoms with van der Waals surface area (Å²) >= 11 is 1.30. The molecule has 1 saturated heterocycles. The molecule has 5 nitrogen and oxygen atoms in total. The molecular formula is C18H21N3O2S. The number of rotatable bonds is 5. The third-order valence-electron chi connectivity index (χ3n) is 4.34. The maximum Gasteiger partial charge on any atom is 0.260 e. The van der Waals surface area contributed by atoms with Crippen LogP contribution in [0.3, 0.4) is 0 Å². The van der Waals surface area contributed by atoms with Gasteiger partial charge in [-0.25, -0.2) is 4.98 Å². The Morgan fingerprint density at radius 1 is 1.25 bits per heavy atom. The lowest BCUT2D eigenvalue weighted by molar-refractivity contribution is -0.135. The van der Waals surface area contributed by atoms with E-state index < -0.39 is 5.91 Å². The normalized spacial score (nSPS) is 17.7. The molecule has 0 aliphatic carbocycles. The van der Waals surface area contributed by atoms with E-state index in [-0.39, 0.29) is 11.9 Å². The van der Waals surface area contributed by atoms with Crippen molar-refractivity contribution in [3.05, 3.63) is 52.0 Å². The monoisotopic (exact) mass is 343 g/mol. The number of benzene rings is 1. The Bertz CT molecular complexity index is 714. The zero-order chi connectivity index (χ0) is 16.9. The Labute approximate surface area is 145 Å². The number of carbonyl (C=O) groups excluding carboxylic acids is 2. The van der Waals surface area contributed by atoms with Gasteiger partial charge in [-0.15, -0.1) is 11.3 Å². The van der Waals surface area contributed by atoms with E-state index >= 15 is 0 Å². The van der Waals surface area contributed by atoms with Crippen molar-refractivity contribution in [3.63, 3.8) is 0 Å². The standard InChI is InChI=1S/C18H21N3O2S/c19-17(23)15-12-20-18(24-15)14-8-4-5-11-21(14)16(22)10-9-13-6-2-1-3-7-13/h1-3,6-7,12,14H,4-5,8-11H2,(H2,19,23). The Morgan fingerprint density at radius 2 is 2.04 bits per heavy atom. The van der Waals surface area contributed by atoms with Crippen LogP contribution in [0.2, 0.25) is 0 Å². The number of nitrogens with two attached hydrogens (primary N) is 1. The molecule has 2 aromatic rings. The van der Waals surface area contributed by atoms with Crippen LogP contribution in [0, 0.1) is 0 Å². The van der Waals surface area contributed by atoms with Crippen LogP contribution in [0.1, 0.15) is 52.0 Å². The molecule has 0 bridgehead atoms. The number of primary amides is 1. The third kappa shape index (κ3) is 3.82. The maximum atomic E-state index is 12.7. The highest BCUT2D eigenvalue weighted by atomic mass is 32.1. The van der Waals surface area contributed by atoms with E-state index in [1.165, 1.54) is 23.1 Å². The Kier molecular flexibility index (Phi) is 5.25. The molecule has 0 saturated carbocycles. The second-order valence-corrected chi connectivity index (χ2v) is 7.07. The number of aryl methyl sites for hydroxylation is 1. The molecule has 6 heteroatoms. The zero-order valence-electron chi connectivity index (χ0n) is 13.5. The molecule has 1 aromatic carbocycles. The first-order chi connectivity index (χ1) is 11.6. The van der Waals surface area contributed by atoms with Crippen molar-refractivity contribution in [1.29, 1.82) is 0 Å². The topological polar surface area (TPSA) is 76.3 Å². The first-order valence-electron chi connectivity index (χ1n) is 8.24. The molecule has 0 radical (unpaired) electrons. The van der Waals surface area contributed by atoms with E-state index in [1.807, 2.05) is 35.2 Å².